The SMILES string of the molecule is CC1(c2ccccc2)Oc2c(Br)cc(Br)c(O)c2O1. The molecule has 2 aromatic rings. The normalized spacial score (nSPS) is 20.6. The summed E-state index contributed by atoms with van der Waals surface area (Å²) in [5.41, 5.74) is 0.883. The van der Waals surface area contributed by atoms with Crippen LogP contribution < -0.4 is 9.47 Å². The first kappa shape index (κ1) is 12.8. The Morgan fingerprint density at radius 1 is 1.00 bits per heavy atom. The van der Waals surface area contributed by atoms with Gasteiger partial charge in [-0.15, -0.1) is 0 Å². The van der Waals surface area contributed by atoms with Crippen molar-refractivity contribution in [3.63, 3.8) is 0 Å². The van der Waals surface area contributed by atoms with E-state index in [1.165, 1.54) is 0 Å². The minimum atomic E-state index is -0.940. The Morgan fingerprint density at radius 3 is 2.32 bits per heavy atom. The molecule has 19 heavy (non-hydrogen) atoms. The monoisotopic (exact) mass is 384 g/mol. The molecule has 0 radical (unpaired) electrons. The second-order valence-electron chi connectivity index (χ2n) is 4.36. The van der Waals surface area contributed by atoms with Gasteiger partial charge >= 0.3 is 0 Å². The molecular formula is C14H10Br2O3. The molecule has 0 aliphatic carbocycles. The number of rotatable bonds is 1. The molecule has 0 bridgehead atoms. The molecule has 0 fully saturated rings. The summed E-state index contributed by atoms with van der Waals surface area (Å²) in [5, 5.41) is 10.0. The summed E-state index contributed by atoms with van der Waals surface area (Å²) < 4.78 is 13.0. The van der Waals surface area contributed by atoms with Crippen LogP contribution in [0.4, 0.5) is 0 Å². The molecule has 1 atom stereocenters. The summed E-state index contributed by atoms with van der Waals surface area (Å²) in [6.45, 7) is 1.82. The first-order chi connectivity index (χ1) is 9.01. The number of halogens is 2. The van der Waals surface area contributed by atoms with E-state index in [-0.39, 0.29) is 5.75 Å². The van der Waals surface area contributed by atoms with Crippen LogP contribution in [0, 0.1) is 0 Å². The van der Waals surface area contributed by atoms with Gasteiger partial charge in [-0.25, -0.2) is 0 Å². The van der Waals surface area contributed by atoms with Gasteiger partial charge in [0.2, 0.25) is 5.75 Å². The number of phenolic OH excluding ortho intramolecular Hbond substituents is 1. The maximum Gasteiger partial charge on any atom is 0.275 e. The summed E-state index contributed by atoms with van der Waals surface area (Å²) in [4.78, 5) is 0. The standard InChI is InChI=1S/C14H10Br2O3/c1-14(8-5-3-2-4-6-8)18-12-10(16)7-9(15)11(17)13(12)19-14/h2-7,17H,1H3. The minimum Gasteiger partial charge on any atom is -0.503 e. The van der Waals surface area contributed by atoms with E-state index >= 15 is 0 Å². The molecule has 5 heteroatoms. The topological polar surface area (TPSA) is 38.7 Å². The first-order valence-corrected chi connectivity index (χ1v) is 7.24. The fourth-order valence-corrected chi connectivity index (χ4v) is 3.23. The highest BCUT2D eigenvalue weighted by Gasteiger charge is 2.41. The zero-order chi connectivity index (χ0) is 13.6. The summed E-state index contributed by atoms with van der Waals surface area (Å²) in [7, 11) is 0. The number of hydrogen-bond acceptors (Lipinski definition) is 3. The number of aromatic hydroxyl groups is 1. The summed E-state index contributed by atoms with van der Waals surface area (Å²) in [6, 6.07) is 11.3. The van der Waals surface area contributed by atoms with Crippen molar-refractivity contribution in [2.45, 2.75) is 12.7 Å². The molecule has 0 spiro atoms. The van der Waals surface area contributed by atoms with Crippen LogP contribution in [-0.4, -0.2) is 5.11 Å². The van der Waals surface area contributed by atoms with Crippen molar-refractivity contribution >= 4 is 31.9 Å². The van der Waals surface area contributed by atoms with Crippen LogP contribution in [0.15, 0.2) is 45.3 Å². The quantitative estimate of drug-likeness (QED) is 0.781. The van der Waals surface area contributed by atoms with E-state index in [0.29, 0.717) is 16.0 Å². The number of benzene rings is 2. The second kappa shape index (κ2) is 4.42. The molecule has 1 unspecified atom stereocenters. The lowest BCUT2D eigenvalue weighted by Crippen LogP contribution is -2.31. The van der Waals surface area contributed by atoms with Crippen molar-refractivity contribution in [1.29, 1.82) is 0 Å². The van der Waals surface area contributed by atoms with Crippen molar-refractivity contribution < 1.29 is 14.6 Å². The predicted octanol–water partition coefficient (Wildman–Crippen LogP) is 4.56. The zero-order valence-corrected chi connectivity index (χ0v) is 13.2. The third kappa shape index (κ3) is 2.01. The van der Waals surface area contributed by atoms with Crippen molar-refractivity contribution in [2.24, 2.45) is 0 Å². The van der Waals surface area contributed by atoms with E-state index in [0.717, 1.165) is 10.0 Å². The Balaban J connectivity index is 2.10. The van der Waals surface area contributed by atoms with Crippen LogP contribution in [-0.2, 0) is 5.79 Å². The van der Waals surface area contributed by atoms with Gasteiger partial charge in [-0.05, 0) is 37.9 Å². The van der Waals surface area contributed by atoms with Crippen molar-refractivity contribution in [3.8, 4) is 17.2 Å². The third-order valence-electron chi connectivity index (χ3n) is 3.01. The van der Waals surface area contributed by atoms with Crippen LogP contribution in [0.2, 0.25) is 0 Å². The minimum absolute atomic E-state index is 0.0397. The molecule has 0 saturated carbocycles. The van der Waals surface area contributed by atoms with E-state index in [1.807, 2.05) is 37.3 Å². The number of hydrogen-bond donors (Lipinski definition) is 1. The molecule has 0 aromatic heterocycles. The lowest BCUT2D eigenvalue weighted by atomic mass is 10.1. The van der Waals surface area contributed by atoms with Crippen LogP contribution in [0.5, 0.6) is 17.2 Å². The first-order valence-electron chi connectivity index (χ1n) is 5.66. The van der Waals surface area contributed by atoms with Crippen LogP contribution in [0.1, 0.15) is 12.5 Å². The predicted molar refractivity (Wildman–Crippen MR) is 78.6 cm³/mol. The van der Waals surface area contributed by atoms with Crippen molar-refractivity contribution in [3.05, 3.63) is 50.9 Å². The van der Waals surface area contributed by atoms with Gasteiger partial charge in [0, 0.05) is 12.5 Å². The van der Waals surface area contributed by atoms with Gasteiger partial charge < -0.3 is 14.6 Å². The highest BCUT2D eigenvalue weighted by molar-refractivity contribution is 9.11. The molecule has 98 valence electrons. The molecular weight excluding hydrogens is 376 g/mol. The maximum absolute atomic E-state index is 10.0. The fraction of sp³-hybridized carbons (Fsp3) is 0.143. The van der Waals surface area contributed by atoms with E-state index in [2.05, 4.69) is 31.9 Å². The van der Waals surface area contributed by atoms with E-state index in [1.54, 1.807) is 6.07 Å². The molecule has 1 N–H and O–H groups in total. The van der Waals surface area contributed by atoms with Gasteiger partial charge in [0.25, 0.3) is 5.79 Å². The van der Waals surface area contributed by atoms with Gasteiger partial charge in [-0.2, -0.15) is 0 Å². The highest BCUT2D eigenvalue weighted by atomic mass is 79.9. The average molecular weight is 386 g/mol. The number of fused-ring (bicyclic) bond motifs is 1. The molecule has 1 heterocycles. The Hall–Kier alpha value is -1.20. The Kier molecular flexibility index (Phi) is 2.98. The largest absolute Gasteiger partial charge is 0.503 e. The zero-order valence-electron chi connectivity index (χ0n) is 9.98. The molecule has 1 aliphatic rings. The lowest BCUT2D eigenvalue weighted by molar-refractivity contribution is -0.0690. The molecule has 3 nitrogen and oxygen atoms in total. The maximum atomic E-state index is 10.0. The lowest BCUT2D eigenvalue weighted by Gasteiger charge is -2.23. The molecule has 1 aliphatic heterocycles. The van der Waals surface area contributed by atoms with Gasteiger partial charge in [-0.1, -0.05) is 30.3 Å². The summed E-state index contributed by atoms with van der Waals surface area (Å²) in [5.74, 6) is -0.0535. The Labute approximate surface area is 127 Å². The number of ether oxygens (including phenoxy) is 2. The van der Waals surface area contributed by atoms with Gasteiger partial charge in [0.05, 0.1) is 8.95 Å². The molecule has 3 rings (SSSR count). The number of phenols is 1. The highest BCUT2D eigenvalue weighted by Crippen LogP contribution is 2.54. The summed E-state index contributed by atoms with van der Waals surface area (Å²) in [6.07, 6.45) is 0. The second-order valence-corrected chi connectivity index (χ2v) is 6.07. The molecule has 0 saturated heterocycles. The van der Waals surface area contributed by atoms with E-state index < -0.39 is 5.79 Å². The third-order valence-corrected chi connectivity index (χ3v) is 4.20. The molecule has 2 aromatic carbocycles. The Morgan fingerprint density at radius 2 is 1.63 bits per heavy atom. The van der Waals surface area contributed by atoms with Gasteiger partial charge in [-0.3, -0.25) is 0 Å². The average Bonchev–Trinajstić information content (AvgIpc) is 2.78. The van der Waals surface area contributed by atoms with Crippen LogP contribution in [0.25, 0.3) is 0 Å². The van der Waals surface area contributed by atoms with E-state index in [9.17, 15) is 5.11 Å². The smallest absolute Gasteiger partial charge is 0.275 e. The van der Waals surface area contributed by atoms with Gasteiger partial charge in [0.1, 0.15) is 0 Å². The molecule has 0 amide bonds. The van der Waals surface area contributed by atoms with Gasteiger partial charge in [0.15, 0.2) is 11.5 Å². The van der Waals surface area contributed by atoms with Crippen LogP contribution >= 0.6 is 31.9 Å². The fourth-order valence-electron chi connectivity index (χ4n) is 2.03. The van der Waals surface area contributed by atoms with E-state index in [4.69, 9.17) is 9.47 Å². The van der Waals surface area contributed by atoms with Crippen LogP contribution in [0.3, 0.4) is 0 Å². The summed E-state index contributed by atoms with van der Waals surface area (Å²) >= 11 is 6.69. The van der Waals surface area contributed by atoms with Crippen molar-refractivity contribution in [2.75, 3.05) is 0 Å². The van der Waals surface area contributed by atoms with Crippen molar-refractivity contribution in [1.82, 2.24) is 0 Å². The Bertz CT molecular complexity index is 643.